The second-order valence-corrected chi connectivity index (χ2v) is 3.26. The van der Waals surface area contributed by atoms with Crippen molar-refractivity contribution >= 4 is 5.57 Å². The molecule has 0 bridgehead atoms. The smallest absolute Gasteiger partial charge is 0.212 e. The number of aromatic nitrogens is 2. The Morgan fingerprint density at radius 1 is 1.62 bits per heavy atom. The van der Waals surface area contributed by atoms with E-state index in [4.69, 9.17) is 4.74 Å². The van der Waals surface area contributed by atoms with Crippen molar-refractivity contribution in [2.24, 2.45) is 7.05 Å². The minimum Gasteiger partial charge on any atom is -0.478 e. The molecule has 1 aromatic rings. The summed E-state index contributed by atoms with van der Waals surface area (Å²) in [5.41, 5.74) is 1.97. The Labute approximate surface area is 96.7 Å². The van der Waals surface area contributed by atoms with Gasteiger partial charge in [-0.25, -0.2) is 4.68 Å². The fraction of sp³-hybridized carbons (Fsp3) is 0.308. The molecule has 1 heterocycles. The van der Waals surface area contributed by atoms with Crippen molar-refractivity contribution in [3.05, 3.63) is 42.6 Å². The maximum atomic E-state index is 5.45. The van der Waals surface area contributed by atoms with E-state index >= 15 is 0 Å². The summed E-state index contributed by atoms with van der Waals surface area (Å²) in [6.07, 6.45) is 7.63. The highest BCUT2D eigenvalue weighted by atomic mass is 16.5. The van der Waals surface area contributed by atoms with Crippen LogP contribution in [-0.2, 0) is 7.05 Å². The molecule has 0 aliphatic carbocycles. The van der Waals surface area contributed by atoms with Crippen LogP contribution in [-0.4, -0.2) is 16.4 Å². The van der Waals surface area contributed by atoms with Crippen LogP contribution in [0.2, 0.25) is 0 Å². The molecule has 86 valence electrons. The third kappa shape index (κ3) is 2.86. The van der Waals surface area contributed by atoms with Crippen LogP contribution in [0.25, 0.3) is 5.57 Å². The molecule has 0 aliphatic heterocycles. The molecule has 16 heavy (non-hydrogen) atoms. The summed E-state index contributed by atoms with van der Waals surface area (Å²) in [5, 5.41) is 4.39. The maximum Gasteiger partial charge on any atom is 0.212 e. The fourth-order valence-electron chi connectivity index (χ4n) is 1.38. The molecule has 1 aromatic heterocycles. The number of hydrogen-bond acceptors (Lipinski definition) is 2. The van der Waals surface area contributed by atoms with Gasteiger partial charge in [-0.3, -0.25) is 0 Å². The molecule has 0 saturated heterocycles. The minimum absolute atomic E-state index is 0.645. The van der Waals surface area contributed by atoms with Crippen LogP contribution >= 0.6 is 0 Å². The van der Waals surface area contributed by atoms with Crippen molar-refractivity contribution in [2.45, 2.75) is 13.8 Å². The Hall–Kier alpha value is -1.77. The second kappa shape index (κ2) is 5.95. The monoisotopic (exact) mass is 218 g/mol. The van der Waals surface area contributed by atoms with Gasteiger partial charge < -0.3 is 4.74 Å². The van der Waals surface area contributed by atoms with Crippen molar-refractivity contribution < 1.29 is 4.74 Å². The van der Waals surface area contributed by atoms with Gasteiger partial charge in [-0.15, -0.1) is 0 Å². The summed E-state index contributed by atoms with van der Waals surface area (Å²) < 4.78 is 7.19. The Bertz CT molecular complexity index is 414. The zero-order valence-corrected chi connectivity index (χ0v) is 10.1. The molecule has 0 unspecified atom stereocenters. The molecule has 0 aromatic carbocycles. The van der Waals surface area contributed by atoms with Gasteiger partial charge >= 0.3 is 0 Å². The topological polar surface area (TPSA) is 27.1 Å². The average Bonchev–Trinajstić information content (AvgIpc) is 2.62. The molecule has 3 nitrogen and oxygen atoms in total. The largest absolute Gasteiger partial charge is 0.478 e. The van der Waals surface area contributed by atoms with Crippen LogP contribution in [0.1, 0.15) is 19.5 Å². The first-order valence-electron chi connectivity index (χ1n) is 5.35. The van der Waals surface area contributed by atoms with Crippen molar-refractivity contribution in [2.75, 3.05) is 6.61 Å². The van der Waals surface area contributed by atoms with Crippen LogP contribution in [0.15, 0.2) is 36.9 Å². The summed E-state index contributed by atoms with van der Waals surface area (Å²) in [7, 11) is 1.87. The van der Waals surface area contributed by atoms with Crippen molar-refractivity contribution in [1.29, 1.82) is 0 Å². The number of rotatable bonds is 5. The molecule has 0 spiro atoms. The lowest BCUT2D eigenvalue weighted by molar-refractivity contribution is 0.309. The fourth-order valence-corrected chi connectivity index (χ4v) is 1.38. The van der Waals surface area contributed by atoms with Gasteiger partial charge in [-0.05, 0) is 19.4 Å². The number of nitrogens with zero attached hydrogens (tertiary/aromatic N) is 2. The van der Waals surface area contributed by atoms with E-state index in [1.54, 1.807) is 10.8 Å². The van der Waals surface area contributed by atoms with Gasteiger partial charge in [-0.1, -0.05) is 30.9 Å². The quantitative estimate of drug-likeness (QED) is 0.710. The molecule has 0 N–H and O–H groups in total. The van der Waals surface area contributed by atoms with Gasteiger partial charge in [-0.2, -0.15) is 5.10 Å². The van der Waals surface area contributed by atoms with Crippen molar-refractivity contribution in [3.63, 3.8) is 0 Å². The van der Waals surface area contributed by atoms with E-state index < -0.39 is 0 Å². The lowest BCUT2D eigenvalue weighted by atomic mass is 10.1. The molecule has 0 atom stereocenters. The minimum atomic E-state index is 0.645. The molecule has 0 saturated carbocycles. The molecule has 1 rings (SSSR count). The first kappa shape index (κ1) is 12.3. The summed E-state index contributed by atoms with van der Waals surface area (Å²) in [4.78, 5) is 0. The Morgan fingerprint density at radius 2 is 2.38 bits per heavy atom. The van der Waals surface area contributed by atoms with E-state index in [-0.39, 0.29) is 0 Å². The maximum absolute atomic E-state index is 5.45. The Morgan fingerprint density at radius 3 is 2.94 bits per heavy atom. The van der Waals surface area contributed by atoms with Crippen LogP contribution in [0.4, 0.5) is 0 Å². The summed E-state index contributed by atoms with van der Waals surface area (Å²) in [5.74, 6) is 0.781. The zero-order chi connectivity index (χ0) is 12.0. The average molecular weight is 218 g/mol. The Kier molecular flexibility index (Phi) is 4.58. The molecular weight excluding hydrogens is 200 g/mol. The van der Waals surface area contributed by atoms with E-state index in [1.165, 1.54) is 0 Å². The van der Waals surface area contributed by atoms with E-state index in [1.807, 2.05) is 45.2 Å². The van der Waals surface area contributed by atoms with Gasteiger partial charge in [0.05, 0.1) is 12.3 Å². The molecular formula is C13H18N2O. The number of allylic oxidation sites excluding steroid dienone is 5. The summed E-state index contributed by atoms with van der Waals surface area (Å²) in [6, 6.07) is 1.94. The normalized spacial score (nSPS) is 12.1. The SMILES string of the molecule is C=C/C=C\C(=C/C)c1cc(OCC)n(C)n1. The summed E-state index contributed by atoms with van der Waals surface area (Å²) in [6.45, 7) is 8.24. The third-order valence-corrected chi connectivity index (χ3v) is 2.15. The van der Waals surface area contributed by atoms with Gasteiger partial charge in [0.2, 0.25) is 5.88 Å². The second-order valence-electron chi connectivity index (χ2n) is 3.26. The Balaban J connectivity index is 2.98. The number of hydrogen-bond donors (Lipinski definition) is 0. The lowest BCUT2D eigenvalue weighted by Gasteiger charge is -1.99. The molecule has 3 heteroatoms. The highest BCUT2D eigenvalue weighted by Crippen LogP contribution is 2.20. The number of aryl methyl sites for hydroxylation is 1. The highest BCUT2D eigenvalue weighted by molar-refractivity contribution is 5.72. The summed E-state index contributed by atoms with van der Waals surface area (Å²) >= 11 is 0. The lowest BCUT2D eigenvalue weighted by Crippen LogP contribution is -1.98. The van der Waals surface area contributed by atoms with Crippen molar-refractivity contribution in [1.82, 2.24) is 9.78 Å². The highest BCUT2D eigenvalue weighted by Gasteiger charge is 2.07. The van der Waals surface area contributed by atoms with E-state index in [2.05, 4.69) is 11.7 Å². The molecule has 0 fully saturated rings. The first-order chi connectivity index (χ1) is 7.72. The van der Waals surface area contributed by atoms with Gasteiger partial charge in [0, 0.05) is 13.1 Å². The van der Waals surface area contributed by atoms with Crippen LogP contribution in [0, 0.1) is 0 Å². The van der Waals surface area contributed by atoms with E-state index in [9.17, 15) is 0 Å². The van der Waals surface area contributed by atoms with E-state index in [0.29, 0.717) is 6.61 Å². The van der Waals surface area contributed by atoms with Crippen LogP contribution in [0.3, 0.4) is 0 Å². The predicted molar refractivity (Wildman–Crippen MR) is 67.4 cm³/mol. The molecule has 0 amide bonds. The zero-order valence-electron chi connectivity index (χ0n) is 10.1. The third-order valence-electron chi connectivity index (χ3n) is 2.15. The van der Waals surface area contributed by atoms with Gasteiger partial charge in [0.25, 0.3) is 0 Å². The van der Waals surface area contributed by atoms with Gasteiger partial charge in [0.15, 0.2) is 0 Å². The van der Waals surface area contributed by atoms with Crippen LogP contribution < -0.4 is 4.74 Å². The molecule has 0 radical (unpaired) electrons. The first-order valence-corrected chi connectivity index (χ1v) is 5.35. The van der Waals surface area contributed by atoms with Crippen LogP contribution in [0.5, 0.6) is 5.88 Å². The van der Waals surface area contributed by atoms with Crippen molar-refractivity contribution in [3.8, 4) is 5.88 Å². The van der Waals surface area contributed by atoms with E-state index in [0.717, 1.165) is 17.1 Å². The number of ether oxygens (including phenoxy) is 1. The standard InChI is InChI=1S/C13H18N2O/c1-5-8-9-11(6-2)12-10-13(16-7-3)15(4)14-12/h5-6,8-10H,1,7H2,2-4H3/b9-8-,11-6+. The predicted octanol–water partition coefficient (Wildman–Crippen LogP) is 2.96. The van der Waals surface area contributed by atoms with Gasteiger partial charge in [0.1, 0.15) is 0 Å². The molecule has 0 aliphatic rings.